The fraction of sp³-hybridized carbons (Fsp3) is 0.636. The maximum atomic E-state index is 8.99. The molecule has 0 bridgehead atoms. The van der Waals surface area contributed by atoms with Gasteiger partial charge in [-0.25, -0.2) is 4.98 Å². The van der Waals surface area contributed by atoms with Crippen LogP contribution in [-0.2, 0) is 6.54 Å². The molecule has 0 aromatic carbocycles. The normalized spacial score (nSPS) is 10.4. The van der Waals surface area contributed by atoms with Crippen molar-refractivity contribution in [3.05, 3.63) is 18.1 Å². The summed E-state index contributed by atoms with van der Waals surface area (Å²) >= 11 is 0. The number of unbranched alkanes of at least 4 members (excludes halogenated alkanes) is 1. The minimum atomic E-state index is 0.129. The van der Waals surface area contributed by atoms with Gasteiger partial charge in [0.15, 0.2) is 0 Å². The first kappa shape index (κ1) is 12.9. The van der Waals surface area contributed by atoms with Crippen molar-refractivity contribution in [2.45, 2.75) is 26.3 Å². The van der Waals surface area contributed by atoms with Crippen LogP contribution in [0.4, 0.5) is 5.82 Å². The van der Waals surface area contributed by atoms with E-state index in [0.717, 1.165) is 30.9 Å². The van der Waals surface area contributed by atoms with Crippen LogP contribution in [0.3, 0.4) is 0 Å². The fourth-order valence-corrected chi connectivity index (χ4v) is 1.43. The van der Waals surface area contributed by atoms with E-state index in [9.17, 15) is 0 Å². The molecule has 0 saturated carbocycles. The lowest BCUT2D eigenvalue weighted by Crippen LogP contribution is -2.28. The van der Waals surface area contributed by atoms with Gasteiger partial charge in [0.25, 0.3) is 0 Å². The number of aliphatic hydroxyl groups excluding tert-OH is 1. The molecule has 16 heavy (non-hydrogen) atoms. The van der Waals surface area contributed by atoms with Crippen LogP contribution < -0.4 is 10.6 Å². The predicted molar refractivity (Wildman–Crippen MR) is 64.1 cm³/mol. The van der Waals surface area contributed by atoms with Crippen molar-refractivity contribution in [1.82, 2.24) is 9.97 Å². The molecule has 5 nitrogen and oxygen atoms in total. The second kappa shape index (κ2) is 7.14. The van der Waals surface area contributed by atoms with Crippen molar-refractivity contribution in [3.8, 4) is 0 Å². The first-order valence-corrected chi connectivity index (χ1v) is 5.68. The molecule has 0 atom stereocenters. The van der Waals surface area contributed by atoms with Crippen LogP contribution in [0.25, 0.3) is 0 Å². The third-order valence-electron chi connectivity index (χ3n) is 2.38. The van der Waals surface area contributed by atoms with E-state index in [4.69, 9.17) is 10.8 Å². The first-order chi connectivity index (χ1) is 7.81. The summed E-state index contributed by atoms with van der Waals surface area (Å²) in [6.45, 7) is 4.16. The Morgan fingerprint density at radius 1 is 1.31 bits per heavy atom. The van der Waals surface area contributed by atoms with E-state index in [1.807, 2.05) is 4.90 Å². The van der Waals surface area contributed by atoms with Gasteiger partial charge < -0.3 is 15.7 Å². The summed E-state index contributed by atoms with van der Waals surface area (Å²) in [5.41, 5.74) is 6.24. The number of rotatable bonds is 7. The monoisotopic (exact) mass is 224 g/mol. The Kier molecular flexibility index (Phi) is 5.74. The van der Waals surface area contributed by atoms with Gasteiger partial charge in [0, 0.05) is 19.6 Å². The van der Waals surface area contributed by atoms with E-state index in [0.29, 0.717) is 13.1 Å². The Balaban J connectivity index is 2.67. The van der Waals surface area contributed by atoms with E-state index in [1.54, 1.807) is 12.4 Å². The number of anilines is 1. The molecule has 90 valence electrons. The standard InChI is InChI=1S/C11H20N4O/c1-2-3-4-15(5-6-16)11-9-13-10(7-12)8-14-11/h8-9,16H,2-7,12H2,1H3. The zero-order valence-electron chi connectivity index (χ0n) is 9.76. The molecule has 0 amide bonds. The molecule has 0 aliphatic carbocycles. The van der Waals surface area contributed by atoms with Crippen molar-refractivity contribution in [2.75, 3.05) is 24.6 Å². The molecule has 0 radical (unpaired) electrons. The van der Waals surface area contributed by atoms with Crippen molar-refractivity contribution < 1.29 is 5.11 Å². The summed E-state index contributed by atoms with van der Waals surface area (Å²) in [7, 11) is 0. The van der Waals surface area contributed by atoms with Crippen molar-refractivity contribution >= 4 is 5.82 Å². The number of hydrogen-bond acceptors (Lipinski definition) is 5. The van der Waals surface area contributed by atoms with Gasteiger partial charge in [-0.05, 0) is 6.42 Å². The Bertz CT molecular complexity index is 289. The van der Waals surface area contributed by atoms with Gasteiger partial charge >= 0.3 is 0 Å². The van der Waals surface area contributed by atoms with Gasteiger partial charge in [0.05, 0.1) is 24.7 Å². The van der Waals surface area contributed by atoms with Crippen molar-refractivity contribution in [2.24, 2.45) is 5.73 Å². The van der Waals surface area contributed by atoms with Gasteiger partial charge in [0.2, 0.25) is 0 Å². The number of aliphatic hydroxyl groups is 1. The summed E-state index contributed by atoms with van der Waals surface area (Å²) in [6.07, 6.45) is 5.61. The maximum absolute atomic E-state index is 8.99. The molecule has 1 aromatic rings. The third-order valence-corrected chi connectivity index (χ3v) is 2.38. The molecular weight excluding hydrogens is 204 g/mol. The van der Waals surface area contributed by atoms with Gasteiger partial charge in [-0.15, -0.1) is 0 Å². The van der Waals surface area contributed by atoms with E-state index in [2.05, 4.69) is 16.9 Å². The van der Waals surface area contributed by atoms with Crippen LogP contribution in [0, 0.1) is 0 Å². The molecule has 0 aliphatic heterocycles. The number of aromatic nitrogens is 2. The maximum Gasteiger partial charge on any atom is 0.147 e. The molecule has 1 rings (SSSR count). The number of hydrogen-bond donors (Lipinski definition) is 2. The Morgan fingerprint density at radius 3 is 2.62 bits per heavy atom. The van der Waals surface area contributed by atoms with E-state index < -0.39 is 0 Å². The Hall–Kier alpha value is -1.20. The molecule has 1 aromatic heterocycles. The molecular formula is C11H20N4O. The van der Waals surface area contributed by atoms with E-state index >= 15 is 0 Å². The lowest BCUT2D eigenvalue weighted by molar-refractivity contribution is 0.301. The van der Waals surface area contributed by atoms with Crippen LogP contribution in [0.5, 0.6) is 0 Å². The quantitative estimate of drug-likeness (QED) is 0.707. The van der Waals surface area contributed by atoms with Gasteiger partial charge in [-0.1, -0.05) is 13.3 Å². The lowest BCUT2D eigenvalue weighted by atomic mass is 10.3. The lowest BCUT2D eigenvalue weighted by Gasteiger charge is -2.22. The SMILES string of the molecule is CCCCN(CCO)c1cnc(CN)cn1. The van der Waals surface area contributed by atoms with Gasteiger partial charge in [-0.2, -0.15) is 0 Å². The number of nitrogens with zero attached hydrogens (tertiary/aromatic N) is 3. The average molecular weight is 224 g/mol. The zero-order valence-corrected chi connectivity index (χ0v) is 9.76. The molecule has 3 N–H and O–H groups in total. The van der Waals surface area contributed by atoms with Crippen LogP contribution >= 0.6 is 0 Å². The largest absolute Gasteiger partial charge is 0.395 e. The van der Waals surface area contributed by atoms with E-state index in [1.165, 1.54) is 0 Å². The number of nitrogens with two attached hydrogens (primary N) is 1. The smallest absolute Gasteiger partial charge is 0.147 e. The summed E-state index contributed by atoms with van der Waals surface area (Å²) in [4.78, 5) is 10.5. The summed E-state index contributed by atoms with van der Waals surface area (Å²) in [6, 6.07) is 0. The van der Waals surface area contributed by atoms with Crippen LogP contribution in [0.1, 0.15) is 25.5 Å². The molecule has 0 unspecified atom stereocenters. The highest BCUT2D eigenvalue weighted by atomic mass is 16.3. The van der Waals surface area contributed by atoms with Crippen molar-refractivity contribution in [3.63, 3.8) is 0 Å². The van der Waals surface area contributed by atoms with Gasteiger partial charge in [-0.3, -0.25) is 4.98 Å². The third kappa shape index (κ3) is 3.75. The highest BCUT2D eigenvalue weighted by Crippen LogP contribution is 2.09. The molecule has 0 saturated heterocycles. The van der Waals surface area contributed by atoms with Crippen LogP contribution in [0.15, 0.2) is 12.4 Å². The molecule has 0 spiro atoms. The second-order valence-electron chi connectivity index (χ2n) is 3.63. The summed E-state index contributed by atoms with van der Waals surface area (Å²) in [5, 5.41) is 8.99. The topological polar surface area (TPSA) is 75.3 Å². The second-order valence-corrected chi connectivity index (χ2v) is 3.63. The van der Waals surface area contributed by atoms with Crippen LogP contribution in [-0.4, -0.2) is 34.8 Å². The Morgan fingerprint density at radius 2 is 2.12 bits per heavy atom. The van der Waals surface area contributed by atoms with Crippen LogP contribution in [0.2, 0.25) is 0 Å². The highest BCUT2D eigenvalue weighted by Gasteiger charge is 2.06. The molecule has 1 heterocycles. The predicted octanol–water partition coefficient (Wildman–Crippen LogP) is 0.534. The first-order valence-electron chi connectivity index (χ1n) is 5.68. The van der Waals surface area contributed by atoms with Crippen molar-refractivity contribution in [1.29, 1.82) is 0 Å². The molecule has 5 heteroatoms. The molecule has 0 fully saturated rings. The zero-order chi connectivity index (χ0) is 11.8. The average Bonchev–Trinajstić information content (AvgIpc) is 2.35. The van der Waals surface area contributed by atoms with E-state index in [-0.39, 0.29) is 6.61 Å². The highest BCUT2D eigenvalue weighted by molar-refractivity contribution is 5.35. The minimum Gasteiger partial charge on any atom is -0.395 e. The summed E-state index contributed by atoms with van der Waals surface area (Å²) in [5.74, 6) is 0.805. The summed E-state index contributed by atoms with van der Waals surface area (Å²) < 4.78 is 0. The Labute approximate surface area is 96.3 Å². The fourth-order valence-electron chi connectivity index (χ4n) is 1.43. The molecule has 0 aliphatic rings. The van der Waals surface area contributed by atoms with Gasteiger partial charge in [0.1, 0.15) is 5.82 Å². The minimum absolute atomic E-state index is 0.129.